The van der Waals surface area contributed by atoms with Crippen molar-refractivity contribution in [3.63, 3.8) is 0 Å². The standard InChI is InChI=1S/C23H24N2O3/c26-23(22-14-13-21(28-22)17-27-20-7-3-1-4-8-20)24-18-9-11-19(12-10-18)25-15-5-2-6-16-25/h1,3-4,7-14H,2,5-6,15-17H2,(H,24,26). The fourth-order valence-electron chi connectivity index (χ4n) is 3.35. The molecule has 4 rings (SSSR count). The Balaban J connectivity index is 1.32. The average molecular weight is 376 g/mol. The van der Waals surface area contributed by atoms with Crippen LogP contribution in [0.3, 0.4) is 0 Å². The maximum Gasteiger partial charge on any atom is 0.291 e. The van der Waals surface area contributed by atoms with Gasteiger partial charge in [-0.3, -0.25) is 4.79 Å². The highest BCUT2D eigenvalue weighted by Crippen LogP contribution is 2.22. The lowest BCUT2D eigenvalue weighted by molar-refractivity contribution is 0.0992. The minimum Gasteiger partial charge on any atom is -0.486 e. The maximum atomic E-state index is 12.4. The Bertz CT molecular complexity index is 897. The molecule has 5 nitrogen and oxygen atoms in total. The Morgan fingerprint density at radius 1 is 0.929 bits per heavy atom. The fraction of sp³-hybridized carbons (Fsp3) is 0.261. The van der Waals surface area contributed by atoms with Crippen molar-refractivity contribution in [1.82, 2.24) is 0 Å². The number of carbonyl (C=O) groups excluding carboxylic acids is 1. The summed E-state index contributed by atoms with van der Waals surface area (Å²) in [6.07, 6.45) is 3.80. The van der Waals surface area contributed by atoms with Crippen molar-refractivity contribution in [3.8, 4) is 5.75 Å². The summed E-state index contributed by atoms with van der Waals surface area (Å²) >= 11 is 0. The first-order valence-corrected chi connectivity index (χ1v) is 9.71. The molecule has 28 heavy (non-hydrogen) atoms. The molecule has 1 aliphatic rings. The smallest absolute Gasteiger partial charge is 0.291 e. The second kappa shape index (κ2) is 8.65. The molecule has 0 radical (unpaired) electrons. The van der Waals surface area contributed by atoms with E-state index in [2.05, 4.69) is 22.3 Å². The summed E-state index contributed by atoms with van der Waals surface area (Å²) in [6.45, 7) is 2.49. The average Bonchev–Trinajstić information content (AvgIpc) is 3.24. The van der Waals surface area contributed by atoms with E-state index >= 15 is 0 Å². The molecule has 1 aromatic heterocycles. The van der Waals surface area contributed by atoms with Gasteiger partial charge in [0.2, 0.25) is 0 Å². The first-order chi connectivity index (χ1) is 13.8. The van der Waals surface area contributed by atoms with Crippen molar-refractivity contribution in [1.29, 1.82) is 0 Å². The highest BCUT2D eigenvalue weighted by atomic mass is 16.5. The summed E-state index contributed by atoms with van der Waals surface area (Å²) in [5.74, 6) is 1.37. The summed E-state index contributed by atoms with van der Waals surface area (Å²) in [5.41, 5.74) is 1.96. The number of furan rings is 1. The second-order valence-electron chi connectivity index (χ2n) is 6.92. The Morgan fingerprint density at radius 2 is 1.68 bits per heavy atom. The van der Waals surface area contributed by atoms with Crippen LogP contribution in [0.4, 0.5) is 11.4 Å². The van der Waals surface area contributed by atoms with E-state index in [1.165, 1.54) is 24.9 Å². The van der Waals surface area contributed by atoms with E-state index in [0.29, 0.717) is 5.76 Å². The van der Waals surface area contributed by atoms with E-state index in [1.54, 1.807) is 12.1 Å². The van der Waals surface area contributed by atoms with Gasteiger partial charge >= 0.3 is 0 Å². The van der Waals surface area contributed by atoms with E-state index in [0.717, 1.165) is 24.5 Å². The van der Waals surface area contributed by atoms with Crippen LogP contribution in [0.1, 0.15) is 35.6 Å². The largest absolute Gasteiger partial charge is 0.486 e. The number of hydrogen-bond donors (Lipinski definition) is 1. The molecule has 1 fully saturated rings. The molecule has 0 atom stereocenters. The Hall–Kier alpha value is -3.21. The van der Waals surface area contributed by atoms with E-state index in [-0.39, 0.29) is 18.3 Å². The lowest BCUT2D eigenvalue weighted by Gasteiger charge is -2.28. The molecule has 2 heterocycles. The molecule has 0 bridgehead atoms. The zero-order chi connectivity index (χ0) is 19.2. The monoisotopic (exact) mass is 376 g/mol. The Labute approximate surface area is 164 Å². The normalized spacial score (nSPS) is 13.9. The van der Waals surface area contributed by atoms with Crippen molar-refractivity contribution < 1.29 is 13.9 Å². The molecule has 1 N–H and O–H groups in total. The zero-order valence-electron chi connectivity index (χ0n) is 15.8. The third-order valence-corrected chi connectivity index (χ3v) is 4.86. The van der Waals surface area contributed by atoms with Crippen LogP contribution >= 0.6 is 0 Å². The van der Waals surface area contributed by atoms with Gasteiger partial charge in [-0.15, -0.1) is 0 Å². The number of rotatable bonds is 6. The molecule has 1 aliphatic heterocycles. The fourth-order valence-corrected chi connectivity index (χ4v) is 3.35. The van der Waals surface area contributed by atoms with Gasteiger partial charge in [0, 0.05) is 24.5 Å². The summed E-state index contributed by atoms with van der Waals surface area (Å²) in [6, 6.07) is 20.9. The number of para-hydroxylation sites is 1. The number of ether oxygens (including phenoxy) is 1. The highest BCUT2D eigenvalue weighted by molar-refractivity contribution is 6.02. The van der Waals surface area contributed by atoms with Crippen LogP contribution in [0.15, 0.2) is 71.1 Å². The van der Waals surface area contributed by atoms with Crippen molar-refractivity contribution in [2.24, 2.45) is 0 Å². The molecular formula is C23H24N2O3. The van der Waals surface area contributed by atoms with Gasteiger partial charge in [0.15, 0.2) is 5.76 Å². The van der Waals surface area contributed by atoms with Gasteiger partial charge in [0.25, 0.3) is 5.91 Å². The van der Waals surface area contributed by atoms with Crippen molar-refractivity contribution in [2.75, 3.05) is 23.3 Å². The van der Waals surface area contributed by atoms with Crippen LogP contribution < -0.4 is 15.0 Å². The molecule has 1 saturated heterocycles. The number of nitrogens with zero attached hydrogens (tertiary/aromatic N) is 1. The number of carbonyl (C=O) groups is 1. The van der Waals surface area contributed by atoms with Crippen LogP contribution in [0, 0.1) is 0 Å². The number of amides is 1. The lowest BCUT2D eigenvalue weighted by atomic mass is 10.1. The summed E-state index contributed by atoms with van der Waals surface area (Å²) in [4.78, 5) is 14.8. The predicted octanol–water partition coefficient (Wildman–Crippen LogP) is 5.10. The molecule has 0 unspecified atom stereocenters. The summed E-state index contributed by atoms with van der Waals surface area (Å²) in [7, 11) is 0. The van der Waals surface area contributed by atoms with Gasteiger partial charge in [-0.05, 0) is 67.8 Å². The molecule has 3 aromatic rings. The van der Waals surface area contributed by atoms with Crippen LogP contribution in [0.5, 0.6) is 5.75 Å². The topological polar surface area (TPSA) is 54.7 Å². The molecule has 0 aliphatic carbocycles. The number of hydrogen-bond acceptors (Lipinski definition) is 4. The maximum absolute atomic E-state index is 12.4. The van der Waals surface area contributed by atoms with E-state index in [4.69, 9.17) is 9.15 Å². The molecule has 5 heteroatoms. The first-order valence-electron chi connectivity index (χ1n) is 9.71. The summed E-state index contributed by atoms with van der Waals surface area (Å²) < 4.78 is 11.3. The van der Waals surface area contributed by atoms with Crippen molar-refractivity contribution in [3.05, 3.63) is 78.3 Å². The van der Waals surface area contributed by atoms with E-state index < -0.39 is 0 Å². The van der Waals surface area contributed by atoms with Crippen LogP contribution in [0.2, 0.25) is 0 Å². The van der Waals surface area contributed by atoms with Gasteiger partial charge in [0.1, 0.15) is 18.1 Å². The van der Waals surface area contributed by atoms with Gasteiger partial charge in [-0.1, -0.05) is 18.2 Å². The lowest BCUT2D eigenvalue weighted by Crippen LogP contribution is -2.29. The minimum absolute atomic E-state index is 0.267. The number of piperidine rings is 1. The van der Waals surface area contributed by atoms with Crippen molar-refractivity contribution >= 4 is 17.3 Å². The van der Waals surface area contributed by atoms with E-state index in [9.17, 15) is 4.79 Å². The summed E-state index contributed by atoms with van der Waals surface area (Å²) in [5, 5.41) is 2.88. The van der Waals surface area contributed by atoms with Gasteiger partial charge in [-0.25, -0.2) is 0 Å². The van der Waals surface area contributed by atoms with Gasteiger partial charge < -0.3 is 19.4 Å². The molecular weight excluding hydrogens is 352 g/mol. The third kappa shape index (κ3) is 4.55. The number of nitrogens with one attached hydrogen (secondary N) is 1. The van der Waals surface area contributed by atoms with Crippen LogP contribution in [-0.2, 0) is 6.61 Å². The quantitative estimate of drug-likeness (QED) is 0.650. The molecule has 2 aromatic carbocycles. The van der Waals surface area contributed by atoms with Crippen molar-refractivity contribution in [2.45, 2.75) is 25.9 Å². The van der Waals surface area contributed by atoms with E-state index in [1.807, 2.05) is 42.5 Å². The predicted molar refractivity (Wildman–Crippen MR) is 110 cm³/mol. The first kappa shape index (κ1) is 18.2. The molecule has 0 saturated carbocycles. The second-order valence-corrected chi connectivity index (χ2v) is 6.92. The Morgan fingerprint density at radius 3 is 2.43 bits per heavy atom. The molecule has 0 spiro atoms. The molecule has 1 amide bonds. The highest BCUT2D eigenvalue weighted by Gasteiger charge is 2.13. The minimum atomic E-state index is -0.267. The number of anilines is 2. The zero-order valence-corrected chi connectivity index (χ0v) is 15.8. The third-order valence-electron chi connectivity index (χ3n) is 4.86. The van der Waals surface area contributed by atoms with Gasteiger partial charge in [-0.2, -0.15) is 0 Å². The number of benzene rings is 2. The molecule has 144 valence electrons. The van der Waals surface area contributed by atoms with Gasteiger partial charge in [0.05, 0.1) is 0 Å². The van der Waals surface area contributed by atoms with Crippen LogP contribution in [0.25, 0.3) is 0 Å². The van der Waals surface area contributed by atoms with Crippen LogP contribution in [-0.4, -0.2) is 19.0 Å². The Kier molecular flexibility index (Phi) is 5.61. The SMILES string of the molecule is O=C(Nc1ccc(N2CCCCC2)cc1)c1ccc(COc2ccccc2)o1.